The first-order chi connectivity index (χ1) is 17.1. The fraction of sp³-hybridized carbons (Fsp3) is 0.310. The van der Waals surface area contributed by atoms with Gasteiger partial charge < -0.3 is 10.2 Å². The van der Waals surface area contributed by atoms with Crippen molar-refractivity contribution in [2.75, 3.05) is 12.3 Å². The van der Waals surface area contributed by atoms with Crippen molar-refractivity contribution in [3.05, 3.63) is 107 Å². The van der Waals surface area contributed by atoms with Crippen LogP contribution in [0.3, 0.4) is 0 Å². The summed E-state index contributed by atoms with van der Waals surface area (Å²) in [6, 6.07) is 26.8. The molecule has 4 nitrogen and oxygen atoms in total. The van der Waals surface area contributed by atoms with Crippen molar-refractivity contribution in [3.8, 4) is 0 Å². The minimum absolute atomic E-state index is 0.0579. The lowest BCUT2D eigenvalue weighted by Gasteiger charge is -2.31. The standard InChI is InChI=1S/C29H33ClN2O2S/c1-2-3-18-31-29(34)27(19-23-12-6-4-7-13-23)32(20-24-14-8-5-9-15-24)28(33)22-35-21-25-16-10-11-17-26(25)30/h4-17,27H,2-3,18-22H2,1H3,(H,31,34). The molecule has 184 valence electrons. The number of benzene rings is 3. The van der Waals surface area contributed by atoms with Crippen LogP contribution in [0.2, 0.25) is 5.02 Å². The molecule has 35 heavy (non-hydrogen) atoms. The Kier molecular flexibility index (Phi) is 11.2. The minimum atomic E-state index is -0.595. The lowest BCUT2D eigenvalue weighted by atomic mass is 10.0. The van der Waals surface area contributed by atoms with Crippen molar-refractivity contribution in [1.29, 1.82) is 0 Å². The molecule has 0 aliphatic carbocycles. The SMILES string of the molecule is CCCCNC(=O)C(Cc1ccccc1)N(Cc1ccccc1)C(=O)CSCc1ccccc1Cl. The summed E-state index contributed by atoms with van der Waals surface area (Å²) in [4.78, 5) is 28.7. The molecule has 0 fully saturated rings. The van der Waals surface area contributed by atoms with Crippen molar-refractivity contribution in [3.63, 3.8) is 0 Å². The predicted octanol–water partition coefficient (Wildman–Crippen LogP) is 6.13. The van der Waals surface area contributed by atoms with Gasteiger partial charge in [0.25, 0.3) is 0 Å². The van der Waals surface area contributed by atoms with Crippen LogP contribution >= 0.6 is 23.4 Å². The molecule has 0 saturated carbocycles. The Morgan fingerprint density at radius 1 is 0.914 bits per heavy atom. The third-order valence-electron chi connectivity index (χ3n) is 5.74. The molecule has 0 spiro atoms. The van der Waals surface area contributed by atoms with Crippen LogP contribution in [0, 0.1) is 0 Å². The third-order valence-corrected chi connectivity index (χ3v) is 7.07. The molecule has 1 atom stereocenters. The molecular formula is C29H33ClN2O2S. The van der Waals surface area contributed by atoms with E-state index in [4.69, 9.17) is 11.6 Å². The average Bonchev–Trinajstić information content (AvgIpc) is 2.88. The summed E-state index contributed by atoms with van der Waals surface area (Å²) in [6.45, 7) is 3.08. The number of hydrogen-bond acceptors (Lipinski definition) is 3. The van der Waals surface area contributed by atoms with Gasteiger partial charge in [0.15, 0.2) is 0 Å². The minimum Gasteiger partial charge on any atom is -0.354 e. The van der Waals surface area contributed by atoms with Crippen LogP contribution in [0.25, 0.3) is 0 Å². The highest BCUT2D eigenvalue weighted by Gasteiger charge is 2.30. The molecule has 3 rings (SSSR count). The lowest BCUT2D eigenvalue weighted by Crippen LogP contribution is -2.51. The largest absolute Gasteiger partial charge is 0.354 e. The van der Waals surface area contributed by atoms with Crippen LogP contribution in [0.4, 0.5) is 0 Å². The number of rotatable bonds is 13. The second-order valence-corrected chi connectivity index (χ2v) is 9.83. The first-order valence-electron chi connectivity index (χ1n) is 12.0. The number of hydrogen-bond donors (Lipinski definition) is 1. The fourth-order valence-electron chi connectivity index (χ4n) is 3.79. The van der Waals surface area contributed by atoms with E-state index in [0.29, 0.717) is 30.3 Å². The predicted molar refractivity (Wildman–Crippen MR) is 146 cm³/mol. The highest BCUT2D eigenvalue weighted by atomic mass is 35.5. The van der Waals surface area contributed by atoms with Crippen molar-refractivity contribution in [1.82, 2.24) is 10.2 Å². The normalized spacial score (nSPS) is 11.6. The molecule has 0 radical (unpaired) electrons. The monoisotopic (exact) mass is 508 g/mol. The highest BCUT2D eigenvalue weighted by molar-refractivity contribution is 7.99. The van der Waals surface area contributed by atoms with Crippen LogP contribution in [0.1, 0.15) is 36.5 Å². The van der Waals surface area contributed by atoms with Crippen molar-refractivity contribution in [2.45, 2.75) is 44.5 Å². The number of carbonyl (C=O) groups excluding carboxylic acids is 2. The molecule has 3 aromatic rings. The Morgan fingerprint density at radius 3 is 2.20 bits per heavy atom. The van der Waals surface area contributed by atoms with E-state index >= 15 is 0 Å². The molecule has 2 amide bonds. The van der Waals surface area contributed by atoms with E-state index in [1.54, 1.807) is 4.90 Å². The van der Waals surface area contributed by atoms with Crippen LogP contribution in [-0.2, 0) is 28.3 Å². The number of amides is 2. The number of carbonyl (C=O) groups is 2. The summed E-state index contributed by atoms with van der Waals surface area (Å²) in [6.07, 6.45) is 2.37. The molecule has 0 aromatic heterocycles. The molecule has 6 heteroatoms. The van der Waals surface area contributed by atoms with Gasteiger partial charge in [-0.3, -0.25) is 9.59 Å². The van der Waals surface area contributed by atoms with Crippen molar-refractivity contribution < 1.29 is 9.59 Å². The van der Waals surface area contributed by atoms with E-state index in [1.165, 1.54) is 11.8 Å². The second-order valence-electron chi connectivity index (χ2n) is 8.44. The number of thioether (sulfide) groups is 1. The molecule has 0 aliphatic rings. The van der Waals surface area contributed by atoms with Gasteiger partial charge in [0.2, 0.25) is 11.8 Å². The van der Waals surface area contributed by atoms with Gasteiger partial charge in [-0.1, -0.05) is 104 Å². The van der Waals surface area contributed by atoms with Gasteiger partial charge in [-0.25, -0.2) is 0 Å². The first kappa shape index (κ1) is 26.8. The van der Waals surface area contributed by atoms with Gasteiger partial charge in [-0.2, -0.15) is 0 Å². The molecule has 0 heterocycles. The molecular weight excluding hydrogens is 476 g/mol. The molecule has 0 aliphatic heterocycles. The summed E-state index contributed by atoms with van der Waals surface area (Å²) < 4.78 is 0. The number of halogens is 1. The van der Waals surface area contributed by atoms with E-state index in [1.807, 2.05) is 84.9 Å². The molecule has 1 N–H and O–H groups in total. The van der Waals surface area contributed by atoms with Crippen LogP contribution in [-0.4, -0.2) is 35.1 Å². The first-order valence-corrected chi connectivity index (χ1v) is 13.6. The van der Waals surface area contributed by atoms with Gasteiger partial charge in [-0.05, 0) is 29.2 Å². The van der Waals surface area contributed by atoms with Gasteiger partial charge in [0, 0.05) is 30.3 Å². The highest BCUT2D eigenvalue weighted by Crippen LogP contribution is 2.22. The maximum Gasteiger partial charge on any atom is 0.243 e. The summed E-state index contributed by atoms with van der Waals surface area (Å²) in [5, 5.41) is 3.76. The zero-order valence-corrected chi connectivity index (χ0v) is 21.7. The van der Waals surface area contributed by atoms with E-state index in [0.717, 1.165) is 29.5 Å². The number of nitrogens with zero attached hydrogens (tertiary/aromatic N) is 1. The third kappa shape index (κ3) is 8.75. The van der Waals surface area contributed by atoms with Gasteiger partial charge in [-0.15, -0.1) is 11.8 Å². The summed E-state index contributed by atoms with van der Waals surface area (Å²) in [5.74, 6) is 0.738. The zero-order chi connectivity index (χ0) is 24.9. The maximum atomic E-state index is 13.6. The Bertz CT molecular complexity index is 1060. The molecule has 0 saturated heterocycles. The lowest BCUT2D eigenvalue weighted by molar-refractivity contribution is -0.139. The molecule has 0 bridgehead atoms. The topological polar surface area (TPSA) is 49.4 Å². The number of unbranched alkanes of at least 4 members (excludes halogenated alkanes) is 1. The van der Waals surface area contributed by atoms with E-state index in [2.05, 4.69) is 12.2 Å². The summed E-state index contributed by atoms with van der Waals surface area (Å²) in [5.41, 5.74) is 3.02. The summed E-state index contributed by atoms with van der Waals surface area (Å²) in [7, 11) is 0. The quantitative estimate of drug-likeness (QED) is 0.282. The van der Waals surface area contributed by atoms with E-state index < -0.39 is 6.04 Å². The van der Waals surface area contributed by atoms with Crippen LogP contribution in [0.15, 0.2) is 84.9 Å². The van der Waals surface area contributed by atoms with Crippen molar-refractivity contribution in [2.24, 2.45) is 0 Å². The smallest absolute Gasteiger partial charge is 0.243 e. The maximum absolute atomic E-state index is 13.6. The van der Waals surface area contributed by atoms with Crippen molar-refractivity contribution >= 4 is 35.2 Å². The summed E-state index contributed by atoms with van der Waals surface area (Å²) >= 11 is 7.81. The van der Waals surface area contributed by atoms with Crippen LogP contribution in [0.5, 0.6) is 0 Å². The average molecular weight is 509 g/mol. The Hall–Kier alpha value is -2.76. The van der Waals surface area contributed by atoms with Crippen LogP contribution < -0.4 is 5.32 Å². The Morgan fingerprint density at radius 2 is 1.54 bits per heavy atom. The Labute approximate surface area is 218 Å². The molecule has 3 aromatic carbocycles. The van der Waals surface area contributed by atoms with E-state index in [9.17, 15) is 9.59 Å². The van der Waals surface area contributed by atoms with Gasteiger partial charge in [0.1, 0.15) is 6.04 Å². The van der Waals surface area contributed by atoms with Gasteiger partial charge in [0.05, 0.1) is 5.75 Å². The van der Waals surface area contributed by atoms with Gasteiger partial charge >= 0.3 is 0 Å². The fourth-order valence-corrected chi connectivity index (χ4v) is 4.98. The molecule has 1 unspecified atom stereocenters. The Balaban J connectivity index is 1.81. The second kappa shape index (κ2) is 14.6. The van der Waals surface area contributed by atoms with E-state index in [-0.39, 0.29) is 17.6 Å². The number of nitrogens with one attached hydrogen (secondary N) is 1. The zero-order valence-electron chi connectivity index (χ0n) is 20.2.